The van der Waals surface area contributed by atoms with Gasteiger partial charge in [0, 0.05) is 23.7 Å². The maximum Gasteiger partial charge on any atom is 0.142 e. The lowest BCUT2D eigenvalue weighted by molar-refractivity contribution is 0.306. The van der Waals surface area contributed by atoms with E-state index in [1.54, 1.807) is 7.11 Å². The Bertz CT molecular complexity index is 1020. The van der Waals surface area contributed by atoms with Gasteiger partial charge in [0.1, 0.15) is 5.75 Å². The number of benzene rings is 2. The molecule has 2 aliphatic rings. The molecule has 0 spiro atoms. The van der Waals surface area contributed by atoms with Gasteiger partial charge in [-0.05, 0) is 53.9 Å². The van der Waals surface area contributed by atoms with Gasteiger partial charge in [-0.25, -0.2) is 0 Å². The third-order valence-corrected chi connectivity index (χ3v) is 6.65. The van der Waals surface area contributed by atoms with Crippen molar-refractivity contribution in [3.8, 4) is 5.75 Å². The first-order valence-electron chi connectivity index (χ1n) is 10.4. The Kier molecular flexibility index (Phi) is 4.48. The first-order valence-corrected chi connectivity index (χ1v) is 10.4. The zero-order valence-corrected chi connectivity index (χ0v) is 16.7. The summed E-state index contributed by atoms with van der Waals surface area (Å²) in [5.41, 5.74) is 6.92. The molecule has 28 heavy (non-hydrogen) atoms. The molecule has 3 atom stereocenters. The third kappa shape index (κ3) is 2.94. The number of H-pyrrole nitrogens is 1. The molecule has 0 radical (unpaired) electrons. The number of hydrogen-bond donors (Lipinski definition) is 2. The maximum atomic E-state index is 5.60. The molecular weight excluding hydrogens is 344 g/mol. The van der Waals surface area contributed by atoms with Crippen molar-refractivity contribution in [3.05, 3.63) is 71.4 Å². The number of nitrogens with one attached hydrogen (secondary N) is 2. The lowest BCUT2D eigenvalue weighted by Gasteiger charge is -2.36. The molecule has 2 aromatic carbocycles. The van der Waals surface area contributed by atoms with Crippen LogP contribution >= 0.6 is 0 Å². The summed E-state index contributed by atoms with van der Waals surface area (Å²) in [6.45, 7) is 3.33. The summed E-state index contributed by atoms with van der Waals surface area (Å²) in [5, 5.41) is 5.13. The fourth-order valence-corrected chi connectivity index (χ4v) is 5.25. The zero-order valence-electron chi connectivity index (χ0n) is 16.7. The molecule has 5 rings (SSSR count). The summed E-state index contributed by atoms with van der Waals surface area (Å²) in [4.78, 5) is 3.69. The van der Waals surface area contributed by atoms with E-state index in [4.69, 9.17) is 4.74 Å². The standard InChI is InChI=1S/C25H28N2O/c1-16-13-19(22-15-18(11-12-26-22)17-7-4-3-5-8-17)14-21-20-9-6-10-23(28-2)25(20)27-24(16)21/h3-11,16,19,22,26-27H,12-15H2,1-2H3. The molecule has 3 unspecified atom stereocenters. The summed E-state index contributed by atoms with van der Waals surface area (Å²) in [6, 6.07) is 17.8. The van der Waals surface area contributed by atoms with Crippen LogP contribution in [0, 0.1) is 5.92 Å². The number of hydrogen-bond acceptors (Lipinski definition) is 2. The summed E-state index contributed by atoms with van der Waals surface area (Å²) < 4.78 is 5.60. The van der Waals surface area contributed by atoms with Crippen LogP contribution in [0.5, 0.6) is 5.75 Å². The lowest BCUT2D eigenvalue weighted by Crippen LogP contribution is -2.41. The molecule has 0 saturated heterocycles. The zero-order chi connectivity index (χ0) is 19.1. The van der Waals surface area contributed by atoms with E-state index in [-0.39, 0.29) is 0 Å². The van der Waals surface area contributed by atoms with Crippen LogP contribution in [0.4, 0.5) is 0 Å². The molecular formula is C25H28N2O. The van der Waals surface area contributed by atoms with Crippen LogP contribution in [0.3, 0.4) is 0 Å². The number of aromatic amines is 1. The van der Waals surface area contributed by atoms with Gasteiger partial charge in [0.25, 0.3) is 0 Å². The van der Waals surface area contributed by atoms with E-state index >= 15 is 0 Å². The predicted molar refractivity (Wildman–Crippen MR) is 116 cm³/mol. The average Bonchev–Trinajstić information content (AvgIpc) is 3.14. The third-order valence-electron chi connectivity index (χ3n) is 6.65. The summed E-state index contributed by atoms with van der Waals surface area (Å²) in [6.07, 6.45) is 5.83. The van der Waals surface area contributed by atoms with Gasteiger partial charge in [-0.1, -0.05) is 55.5 Å². The average molecular weight is 373 g/mol. The van der Waals surface area contributed by atoms with Crippen molar-refractivity contribution in [1.82, 2.24) is 10.3 Å². The largest absolute Gasteiger partial charge is 0.495 e. The second kappa shape index (κ2) is 7.14. The first kappa shape index (κ1) is 17.6. The highest BCUT2D eigenvalue weighted by atomic mass is 16.5. The SMILES string of the molecule is COc1cccc2c3c([nH]c12)C(C)CC(C1CC(c2ccccc2)=CCN1)C3. The van der Waals surface area contributed by atoms with Crippen LogP contribution in [-0.4, -0.2) is 24.7 Å². The maximum absolute atomic E-state index is 5.60. The molecule has 2 N–H and O–H groups in total. The van der Waals surface area contributed by atoms with E-state index in [1.165, 1.54) is 34.2 Å². The molecule has 0 saturated carbocycles. The highest BCUT2D eigenvalue weighted by molar-refractivity contribution is 5.90. The smallest absolute Gasteiger partial charge is 0.142 e. The normalized spacial score (nSPS) is 24.6. The van der Waals surface area contributed by atoms with Crippen molar-refractivity contribution in [2.75, 3.05) is 13.7 Å². The van der Waals surface area contributed by atoms with Crippen LogP contribution in [0.1, 0.15) is 42.5 Å². The second-order valence-electron chi connectivity index (χ2n) is 8.32. The van der Waals surface area contributed by atoms with E-state index in [0.717, 1.165) is 30.7 Å². The molecule has 0 amide bonds. The van der Waals surface area contributed by atoms with E-state index in [0.29, 0.717) is 17.9 Å². The Morgan fingerprint density at radius 2 is 1.86 bits per heavy atom. The Labute approximate surface area is 166 Å². The van der Waals surface area contributed by atoms with Crippen LogP contribution in [-0.2, 0) is 6.42 Å². The van der Waals surface area contributed by atoms with Gasteiger partial charge in [-0.15, -0.1) is 0 Å². The molecule has 3 heteroatoms. The summed E-state index contributed by atoms with van der Waals surface area (Å²) >= 11 is 0. The van der Waals surface area contributed by atoms with E-state index in [1.807, 2.05) is 6.07 Å². The van der Waals surface area contributed by atoms with E-state index in [9.17, 15) is 0 Å². The number of aromatic nitrogens is 1. The van der Waals surface area contributed by atoms with Gasteiger partial charge < -0.3 is 15.0 Å². The van der Waals surface area contributed by atoms with Gasteiger partial charge in [0.2, 0.25) is 0 Å². The molecule has 3 nitrogen and oxygen atoms in total. The molecule has 1 aliphatic heterocycles. The van der Waals surface area contributed by atoms with Crippen LogP contribution in [0.15, 0.2) is 54.6 Å². The molecule has 0 fully saturated rings. The molecule has 0 bridgehead atoms. The quantitative estimate of drug-likeness (QED) is 0.656. The fourth-order valence-electron chi connectivity index (χ4n) is 5.25. The van der Waals surface area contributed by atoms with Crippen molar-refractivity contribution in [3.63, 3.8) is 0 Å². The number of methoxy groups -OCH3 is 1. The Hall–Kier alpha value is -2.52. The number of fused-ring (bicyclic) bond motifs is 3. The first-order chi connectivity index (χ1) is 13.7. The lowest BCUT2D eigenvalue weighted by atomic mass is 9.74. The van der Waals surface area contributed by atoms with Crippen LogP contribution in [0.2, 0.25) is 0 Å². The molecule has 1 aliphatic carbocycles. The van der Waals surface area contributed by atoms with Crippen molar-refractivity contribution in [1.29, 1.82) is 0 Å². The Morgan fingerprint density at radius 3 is 2.68 bits per heavy atom. The monoisotopic (exact) mass is 372 g/mol. The molecule has 3 aromatic rings. The van der Waals surface area contributed by atoms with Gasteiger partial charge in [0.15, 0.2) is 0 Å². The van der Waals surface area contributed by atoms with E-state index < -0.39 is 0 Å². The summed E-state index contributed by atoms with van der Waals surface area (Å²) in [5.74, 6) is 2.14. The highest BCUT2D eigenvalue weighted by Gasteiger charge is 2.33. The minimum Gasteiger partial charge on any atom is -0.495 e. The predicted octanol–water partition coefficient (Wildman–Crippen LogP) is 5.29. The van der Waals surface area contributed by atoms with Crippen molar-refractivity contribution >= 4 is 16.5 Å². The van der Waals surface area contributed by atoms with Crippen molar-refractivity contribution in [2.24, 2.45) is 5.92 Å². The number of para-hydroxylation sites is 1. The van der Waals surface area contributed by atoms with Gasteiger partial charge in [0.05, 0.1) is 12.6 Å². The van der Waals surface area contributed by atoms with Gasteiger partial charge in [-0.3, -0.25) is 0 Å². The van der Waals surface area contributed by atoms with Crippen molar-refractivity contribution in [2.45, 2.75) is 38.1 Å². The van der Waals surface area contributed by atoms with E-state index in [2.05, 4.69) is 65.8 Å². The van der Waals surface area contributed by atoms with Gasteiger partial charge >= 0.3 is 0 Å². The topological polar surface area (TPSA) is 37.0 Å². The summed E-state index contributed by atoms with van der Waals surface area (Å²) in [7, 11) is 1.75. The minimum atomic E-state index is 0.534. The number of ether oxygens (including phenoxy) is 1. The Morgan fingerprint density at radius 1 is 1.00 bits per heavy atom. The van der Waals surface area contributed by atoms with Crippen LogP contribution < -0.4 is 10.1 Å². The van der Waals surface area contributed by atoms with Crippen LogP contribution in [0.25, 0.3) is 16.5 Å². The highest BCUT2D eigenvalue weighted by Crippen LogP contribution is 2.42. The number of rotatable bonds is 3. The molecule has 1 aromatic heterocycles. The van der Waals surface area contributed by atoms with Gasteiger partial charge in [-0.2, -0.15) is 0 Å². The second-order valence-corrected chi connectivity index (χ2v) is 8.32. The molecule has 2 heterocycles. The Balaban J connectivity index is 1.44. The van der Waals surface area contributed by atoms with Crippen molar-refractivity contribution < 1.29 is 4.74 Å². The molecule has 144 valence electrons. The minimum absolute atomic E-state index is 0.534. The fraction of sp³-hybridized carbons (Fsp3) is 0.360.